The van der Waals surface area contributed by atoms with Gasteiger partial charge in [0, 0.05) is 29.7 Å². The van der Waals surface area contributed by atoms with E-state index in [1.54, 1.807) is 19.2 Å². The average molecular weight is 428 g/mol. The molecular formula is C25H24N4O3. The van der Waals surface area contributed by atoms with Gasteiger partial charge in [0.05, 0.1) is 12.8 Å². The fourth-order valence-corrected chi connectivity index (χ4v) is 4.00. The van der Waals surface area contributed by atoms with Gasteiger partial charge in [-0.05, 0) is 55.7 Å². The quantitative estimate of drug-likeness (QED) is 0.474. The predicted molar refractivity (Wildman–Crippen MR) is 124 cm³/mol. The number of carbonyl (C=O) groups is 1. The molecule has 7 nitrogen and oxygen atoms in total. The summed E-state index contributed by atoms with van der Waals surface area (Å²) in [5, 5.41) is 12.5. The fourth-order valence-electron chi connectivity index (χ4n) is 4.00. The fraction of sp³-hybridized carbons (Fsp3) is 0.240. The average Bonchev–Trinajstić information content (AvgIpc) is 3.30. The predicted octanol–water partition coefficient (Wildman–Crippen LogP) is 5.14. The van der Waals surface area contributed by atoms with Crippen LogP contribution >= 0.6 is 0 Å². The molecule has 1 N–H and O–H groups in total. The topological polar surface area (TPSA) is 80.5 Å². The maximum absolute atomic E-state index is 12.7. The number of ether oxygens (including phenoxy) is 1. The van der Waals surface area contributed by atoms with Crippen molar-refractivity contribution in [2.45, 2.75) is 19.3 Å². The molecule has 162 valence electrons. The smallest absolute Gasteiger partial charge is 0.291 e. The molecule has 2 aromatic carbocycles. The largest absolute Gasteiger partial charge is 0.493 e. The molecule has 0 saturated carbocycles. The summed E-state index contributed by atoms with van der Waals surface area (Å²) >= 11 is 0. The first-order chi connectivity index (χ1) is 15.7. The van der Waals surface area contributed by atoms with Crippen LogP contribution in [0, 0.1) is 0 Å². The highest BCUT2D eigenvalue weighted by atomic mass is 16.5. The van der Waals surface area contributed by atoms with Crippen LogP contribution in [0.2, 0.25) is 0 Å². The molecule has 0 spiro atoms. The molecule has 32 heavy (non-hydrogen) atoms. The lowest BCUT2D eigenvalue weighted by molar-refractivity contribution is 0.0998. The second kappa shape index (κ2) is 8.70. The van der Waals surface area contributed by atoms with Gasteiger partial charge in [-0.25, -0.2) is 0 Å². The van der Waals surface area contributed by atoms with Crippen molar-refractivity contribution in [3.63, 3.8) is 0 Å². The molecule has 0 bridgehead atoms. The van der Waals surface area contributed by atoms with E-state index in [-0.39, 0.29) is 11.7 Å². The van der Waals surface area contributed by atoms with E-state index in [9.17, 15) is 4.79 Å². The Bertz CT molecular complexity index is 1230. The summed E-state index contributed by atoms with van der Waals surface area (Å²) in [5.74, 6) is 1.44. The number of para-hydroxylation sites is 1. The third-order valence-electron chi connectivity index (χ3n) is 5.72. The highest BCUT2D eigenvalue weighted by Gasteiger charge is 2.16. The number of aromatic nitrogens is 2. The Hall–Kier alpha value is -3.87. The van der Waals surface area contributed by atoms with Crippen molar-refractivity contribution in [1.82, 2.24) is 10.2 Å². The standard InChI is InChI=1S/C25H24N4O3/c1-31-21-7-5-6-18-16-22(32-24(18)21)25(30)26-19-10-8-17(9-11-19)20-12-13-23(28-27-20)29-14-3-2-4-15-29/h5-13,16H,2-4,14-15H2,1H3,(H,26,30). The summed E-state index contributed by atoms with van der Waals surface area (Å²) < 4.78 is 11.0. The molecule has 3 heterocycles. The number of fused-ring (bicyclic) bond motifs is 1. The van der Waals surface area contributed by atoms with Crippen molar-refractivity contribution < 1.29 is 13.9 Å². The molecule has 1 aliphatic heterocycles. The van der Waals surface area contributed by atoms with Gasteiger partial charge in [-0.2, -0.15) is 0 Å². The summed E-state index contributed by atoms with van der Waals surface area (Å²) in [6.07, 6.45) is 3.70. The monoisotopic (exact) mass is 428 g/mol. The molecular weight excluding hydrogens is 404 g/mol. The van der Waals surface area contributed by atoms with Crippen LogP contribution in [0.15, 0.2) is 65.1 Å². The van der Waals surface area contributed by atoms with Crippen LogP contribution < -0.4 is 15.0 Å². The number of hydrogen-bond donors (Lipinski definition) is 1. The molecule has 5 rings (SSSR count). The Morgan fingerprint density at radius 2 is 1.81 bits per heavy atom. The number of nitrogens with one attached hydrogen (secondary N) is 1. The van der Waals surface area contributed by atoms with Gasteiger partial charge >= 0.3 is 0 Å². The number of nitrogens with zero attached hydrogens (tertiary/aromatic N) is 3. The highest BCUT2D eigenvalue weighted by Crippen LogP contribution is 2.29. The van der Waals surface area contributed by atoms with E-state index in [0.717, 1.165) is 35.6 Å². The van der Waals surface area contributed by atoms with Crippen LogP contribution in [-0.2, 0) is 0 Å². The number of piperidine rings is 1. The van der Waals surface area contributed by atoms with Crippen LogP contribution in [0.1, 0.15) is 29.8 Å². The maximum Gasteiger partial charge on any atom is 0.291 e. The zero-order chi connectivity index (χ0) is 21.9. The van der Waals surface area contributed by atoms with Crippen molar-refractivity contribution in [2.24, 2.45) is 0 Å². The minimum atomic E-state index is -0.318. The van der Waals surface area contributed by atoms with E-state index in [1.165, 1.54) is 19.3 Å². The first-order valence-electron chi connectivity index (χ1n) is 10.8. The normalized spacial score (nSPS) is 13.8. The molecule has 7 heteroatoms. The number of furan rings is 1. The molecule has 1 saturated heterocycles. The summed E-state index contributed by atoms with van der Waals surface area (Å²) in [6.45, 7) is 2.08. The van der Waals surface area contributed by atoms with Crippen LogP contribution in [0.3, 0.4) is 0 Å². The minimum absolute atomic E-state index is 0.229. The number of amides is 1. The van der Waals surface area contributed by atoms with Gasteiger partial charge < -0.3 is 19.4 Å². The molecule has 4 aromatic rings. The summed E-state index contributed by atoms with van der Waals surface area (Å²) in [7, 11) is 1.57. The van der Waals surface area contributed by atoms with Crippen LogP contribution in [0.25, 0.3) is 22.2 Å². The zero-order valence-corrected chi connectivity index (χ0v) is 17.9. The lowest BCUT2D eigenvalue weighted by atomic mass is 10.1. The van der Waals surface area contributed by atoms with Crippen LogP contribution in [0.4, 0.5) is 11.5 Å². The molecule has 1 amide bonds. The van der Waals surface area contributed by atoms with Crippen molar-refractivity contribution in [3.8, 4) is 17.0 Å². The first-order valence-corrected chi connectivity index (χ1v) is 10.8. The minimum Gasteiger partial charge on any atom is -0.493 e. The number of benzene rings is 2. The number of rotatable bonds is 5. The Morgan fingerprint density at radius 3 is 2.53 bits per heavy atom. The lowest BCUT2D eigenvalue weighted by Gasteiger charge is -2.27. The van der Waals surface area contributed by atoms with Crippen molar-refractivity contribution >= 4 is 28.4 Å². The highest BCUT2D eigenvalue weighted by molar-refractivity contribution is 6.05. The molecule has 0 radical (unpaired) electrons. The van der Waals surface area contributed by atoms with Gasteiger partial charge in [0.1, 0.15) is 0 Å². The van der Waals surface area contributed by atoms with Crippen molar-refractivity contribution in [3.05, 3.63) is 66.4 Å². The van der Waals surface area contributed by atoms with E-state index in [1.807, 2.05) is 48.5 Å². The summed E-state index contributed by atoms with van der Waals surface area (Å²) in [4.78, 5) is 14.9. The SMILES string of the molecule is COc1cccc2cc(C(=O)Nc3ccc(-c4ccc(N5CCCCC5)nn4)cc3)oc12. The molecule has 0 atom stereocenters. The van der Waals surface area contributed by atoms with E-state index in [0.29, 0.717) is 17.0 Å². The van der Waals surface area contributed by atoms with Crippen LogP contribution in [-0.4, -0.2) is 36.3 Å². The van der Waals surface area contributed by atoms with Gasteiger partial charge in [0.2, 0.25) is 0 Å². The van der Waals surface area contributed by atoms with Crippen LogP contribution in [0.5, 0.6) is 5.75 Å². The van der Waals surface area contributed by atoms with E-state index in [4.69, 9.17) is 9.15 Å². The number of carbonyl (C=O) groups excluding carboxylic acids is 1. The number of methoxy groups -OCH3 is 1. The third kappa shape index (κ3) is 4.01. The number of hydrogen-bond acceptors (Lipinski definition) is 6. The summed E-state index contributed by atoms with van der Waals surface area (Å²) in [5.41, 5.74) is 2.97. The van der Waals surface area contributed by atoms with Gasteiger partial charge in [-0.1, -0.05) is 24.3 Å². The molecule has 0 aliphatic carbocycles. The van der Waals surface area contributed by atoms with Gasteiger partial charge in [-0.3, -0.25) is 4.79 Å². The van der Waals surface area contributed by atoms with Gasteiger partial charge in [0.25, 0.3) is 5.91 Å². The summed E-state index contributed by atoms with van der Waals surface area (Å²) in [6, 6.07) is 18.8. The first kappa shape index (κ1) is 20.1. The number of anilines is 2. The molecule has 1 aliphatic rings. The second-order valence-corrected chi connectivity index (χ2v) is 7.85. The lowest BCUT2D eigenvalue weighted by Crippen LogP contribution is -2.30. The Morgan fingerprint density at radius 1 is 1.00 bits per heavy atom. The Labute approximate surface area is 186 Å². The van der Waals surface area contributed by atoms with Crippen molar-refractivity contribution in [2.75, 3.05) is 30.4 Å². The Balaban J connectivity index is 1.28. The third-order valence-corrected chi connectivity index (χ3v) is 5.72. The Kier molecular flexibility index (Phi) is 5.46. The molecule has 1 fully saturated rings. The maximum atomic E-state index is 12.7. The van der Waals surface area contributed by atoms with Crippen molar-refractivity contribution in [1.29, 1.82) is 0 Å². The van der Waals surface area contributed by atoms with Gasteiger partial charge in [-0.15, -0.1) is 10.2 Å². The van der Waals surface area contributed by atoms with E-state index in [2.05, 4.69) is 20.4 Å². The van der Waals surface area contributed by atoms with E-state index >= 15 is 0 Å². The molecule has 0 unspecified atom stereocenters. The molecule has 2 aromatic heterocycles. The van der Waals surface area contributed by atoms with E-state index < -0.39 is 0 Å². The second-order valence-electron chi connectivity index (χ2n) is 7.85. The zero-order valence-electron chi connectivity index (χ0n) is 17.9. The van der Waals surface area contributed by atoms with Gasteiger partial charge in [0.15, 0.2) is 22.9 Å².